The van der Waals surface area contributed by atoms with Gasteiger partial charge in [0.1, 0.15) is 5.69 Å². The third kappa shape index (κ3) is 2.48. The fourth-order valence-electron chi connectivity index (χ4n) is 2.15. The number of hydrogen-bond donors (Lipinski definition) is 1. The van der Waals surface area contributed by atoms with Crippen LogP contribution < -0.4 is 0 Å². The van der Waals surface area contributed by atoms with E-state index in [-0.39, 0.29) is 0 Å². The van der Waals surface area contributed by atoms with Crippen molar-refractivity contribution in [2.24, 2.45) is 0 Å². The highest BCUT2D eigenvalue weighted by Crippen LogP contribution is 2.34. The lowest BCUT2D eigenvalue weighted by Gasteiger charge is -2.27. The zero-order valence-corrected chi connectivity index (χ0v) is 12.3. The number of benzene rings is 1. The van der Waals surface area contributed by atoms with Crippen LogP contribution in [0.25, 0.3) is 22.6 Å². The van der Waals surface area contributed by atoms with E-state index in [4.69, 9.17) is 0 Å². The van der Waals surface area contributed by atoms with Crippen molar-refractivity contribution in [1.82, 2.24) is 14.5 Å². The highest BCUT2D eigenvalue weighted by molar-refractivity contribution is 7.07. The summed E-state index contributed by atoms with van der Waals surface area (Å²) in [6.07, 6.45) is -4.74. The van der Waals surface area contributed by atoms with Gasteiger partial charge in [-0.05, 0) is 19.1 Å². The first-order chi connectivity index (χ1) is 10.3. The Morgan fingerprint density at radius 3 is 2.64 bits per heavy atom. The Kier molecular flexibility index (Phi) is 3.45. The summed E-state index contributed by atoms with van der Waals surface area (Å²) in [7, 11) is 0. The van der Waals surface area contributed by atoms with Crippen molar-refractivity contribution in [1.29, 1.82) is 0 Å². The summed E-state index contributed by atoms with van der Waals surface area (Å²) >= 11 is 1.33. The van der Waals surface area contributed by atoms with Gasteiger partial charge in [0.05, 0.1) is 23.1 Å². The molecule has 8 heteroatoms. The molecule has 2 heterocycles. The lowest BCUT2D eigenvalue weighted by molar-refractivity contribution is -0.257. The van der Waals surface area contributed by atoms with Gasteiger partial charge in [-0.25, -0.2) is 9.97 Å². The zero-order chi connectivity index (χ0) is 16.0. The van der Waals surface area contributed by atoms with Gasteiger partial charge in [0.15, 0.2) is 11.4 Å². The molecular formula is C14H12F3N3OS. The zero-order valence-electron chi connectivity index (χ0n) is 11.5. The minimum absolute atomic E-state index is 0.312. The van der Waals surface area contributed by atoms with Gasteiger partial charge < -0.3 is 9.67 Å². The summed E-state index contributed by atoms with van der Waals surface area (Å²) in [4.78, 5) is 8.46. The van der Waals surface area contributed by atoms with Crippen LogP contribution in [0.5, 0.6) is 0 Å². The van der Waals surface area contributed by atoms with E-state index in [2.05, 4.69) is 9.97 Å². The summed E-state index contributed by atoms with van der Waals surface area (Å²) in [5.74, 6) is 0.312. The second-order valence-corrected chi connectivity index (χ2v) is 5.87. The molecule has 0 saturated heterocycles. The van der Waals surface area contributed by atoms with Crippen LogP contribution in [-0.2, 0) is 6.54 Å². The average molecular weight is 327 g/mol. The van der Waals surface area contributed by atoms with Crippen LogP contribution in [-0.4, -0.2) is 31.4 Å². The number of nitrogens with zero attached hydrogens (tertiary/aromatic N) is 3. The third-order valence-electron chi connectivity index (χ3n) is 3.39. The maximum atomic E-state index is 13.0. The van der Waals surface area contributed by atoms with Gasteiger partial charge in [-0.3, -0.25) is 0 Å². The van der Waals surface area contributed by atoms with E-state index < -0.39 is 18.3 Å². The molecule has 1 atom stereocenters. The lowest BCUT2D eigenvalue weighted by atomic mass is 10.1. The summed E-state index contributed by atoms with van der Waals surface area (Å²) in [6, 6.07) is 6.86. The number of rotatable bonds is 3. The largest absolute Gasteiger partial charge is 0.418 e. The van der Waals surface area contributed by atoms with Crippen molar-refractivity contribution < 1.29 is 18.3 Å². The lowest BCUT2D eigenvalue weighted by Crippen LogP contribution is -2.45. The Bertz CT molecular complexity index is 793. The van der Waals surface area contributed by atoms with Crippen LogP contribution in [0, 0.1) is 0 Å². The van der Waals surface area contributed by atoms with Crippen LogP contribution in [0.4, 0.5) is 13.2 Å². The van der Waals surface area contributed by atoms with E-state index in [0.717, 1.165) is 6.92 Å². The van der Waals surface area contributed by atoms with Crippen molar-refractivity contribution in [2.45, 2.75) is 25.2 Å². The molecule has 1 aromatic carbocycles. The fourth-order valence-corrected chi connectivity index (χ4v) is 2.68. The van der Waals surface area contributed by atoms with Gasteiger partial charge >= 0.3 is 6.18 Å². The van der Waals surface area contributed by atoms with E-state index in [0.29, 0.717) is 22.6 Å². The van der Waals surface area contributed by atoms with Gasteiger partial charge in [-0.1, -0.05) is 12.1 Å². The second kappa shape index (κ2) is 5.06. The number of halogens is 3. The predicted octanol–water partition coefficient (Wildman–Crippen LogP) is 3.47. The number of aromatic nitrogens is 3. The molecule has 3 aromatic rings. The van der Waals surface area contributed by atoms with E-state index in [1.807, 2.05) is 0 Å². The van der Waals surface area contributed by atoms with Gasteiger partial charge in [-0.2, -0.15) is 13.2 Å². The van der Waals surface area contributed by atoms with E-state index in [1.165, 1.54) is 15.9 Å². The molecular weight excluding hydrogens is 315 g/mol. The number of aliphatic hydroxyl groups is 1. The van der Waals surface area contributed by atoms with Crippen molar-refractivity contribution in [3.63, 3.8) is 0 Å². The molecule has 22 heavy (non-hydrogen) atoms. The minimum atomic E-state index is -4.74. The third-order valence-corrected chi connectivity index (χ3v) is 3.98. The molecule has 0 bridgehead atoms. The smallest absolute Gasteiger partial charge is 0.379 e. The Morgan fingerprint density at radius 2 is 2.00 bits per heavy atom. The molecule has 0 fully saturated rings. The molecule has 3 rings (SSSR count). The molecule has 4 nitrogen and oxygen atoms in total. The first-order valence-corrected chi connectivity index (χ1v) is 7.37. The Hall–Kier alpha value is -1.93. The molecule has 0 aliphatic rings. The van der Waals surface area contributed by atoms with Crippen LogP contribution in [0.2, 0.25) is 0 Å². The van der Waals surface area contributed by atoms with Crippen LogP contribution in [0.3, 0.4) is 0 Å². The maximum Gasteiger partial charge on any atom is 0.418 e. The highest BCUT2D eigenvalue weighted by Gasteiger charge is 2.50. The maximum absolute atomic E-state index is 13.0. The number of hydrogen-bond acceptors (Lipinski definition) is 4. The molecule has 0 radical (unpaired) electrons. The summed E-state index contributed by atoms with van der Waals surface area (Å²) in [6.45, 7) is 0.108. The molecule has 0 aliphatic carbocycles. The van der Waals surface area contributed by atoms with Crippen molar-refractivity contribution in [3.05, 3.63) is 35.2 Å². The topological polar surface area (TPSA) is 50.9 Å². The number of imidazole rings is 1. The van der Waals surface area contributed by atoms with E-state index in [9.17, 15) is 18.3 Å². The molecule has 1 N–H and O–H groups in total. The van der Waals surface area contributed by atoms with Gasteiger partial charge in [-0.15, -0.1) is 11.3 Å². The van der Waals surface area contributed by atoms with Gasteiger partial charge in [0, 0.05) is 5.38 Å². The Morgan fingerprint density at radius 1 is 1.27 bits per heavy atom. The quantitative estimate of drug-likeness (QED) is 0.801. The molecule has 0 unspecified atom stereocenters. The fraction of sp³-hybridized carbons (Fsp3) is 0.286. The number of para-hydroxylation sites is 2. The minimum Gasteiger partial charge on any atom is -0.379 e. The van der Waals surface area contributed by atoms with Crippen molar-refractivity contribution >= 4 is 22.4 Å². The standard InChI is InChI=1S/C14H12F3N3OS/c1-13(21,14(15,16)17)7-20-11-5-3-2-4-9(11)19-12(20)10-6-22-8-18-10/h2-6,8,21H,7H2,1H3/t13-/m0/s1. The molecule has 0 spiro atoms. The number of fused-ring (bicyclic) bond motifs is 1. The molecule has 0 aliphatic heterocycles. The van der Waals surface area contributed by atoms with E-state index in [1.54, 1.807) is 35.2 Å². The molecule has 0 amide bonds. The normalized spacial score (nSPS) is 15.1. The monoisotopic (exact) mass is 327 g/mol. The van der Waals surface area contributed by atoms with Crippen molar-refractivity contribution in [3.8, 4) is 11.5 Å². The first-order valence-electron chi connectivity index (χ1n) is 6.42. The number of alkyl halides is 3. The first kappa shape index (κ1) is 15.0. The van der Waals surface area contributed by atoms with E-state index >= 15 is 0 Å². The summed E-state index contributed by atoms with van der Waals surface area (Å²) in [5, 5.41) is 11.5. The highest BCUT2D eigenvalue weighted by atomic mass is 32.1. The summed E-state index contributed by atoms with van der Waals surface area (Å²) in [5.41, 5.74) is 0.292. The Labute approximate surface area is 127 Å². The molecule has 0 saturated carbocycles. The predicted molar refractivity (Wildman–Crippen MR) is 77.5 cm³/mol. The molecule has 2 aromatic heterocycles. The van der Waals surface area contributed by atoms with Crippen molar-refractivity contribution in [2.75, 3.05) is 0 Å². The second-order valence-electron chi connectivity index (χ2n) is 5.16. The van der Waals surface area contributed by atoms with Crippen LogP contribution in [0.15, 0.2) is 35.2 Å². The average Bonchev–Trinajstić information content (AvgIpc) is 3.05. The van der Waals surface area contributed by atoms with Crippen LogP contribution in [0.1, 0.15) is 6.92 Å². The van der Waals surface area contributed by atoms with Gasteiger partial charge in [0.25, 0.3) is 0 Å². The number of thiazole rings is 1. The Balaban J connectivity index is 2.17. The SMILES string of the molecule is C[C@](O)(Cn1c(-c2cscn2)nc2ccccc21)C(F)(F)F. The molecule has 116 valence electrons. The van der Waals surface area contributed by atoms with Crippen LogP contribution >= 0.6 is 11.3 Å². The summed E-state index contributed by atoms with van der Waals surface area (Å²) < 4.78 is 40.4. The van der Waals surface area contributed by atoms with Gasteiger partial charge in [0.2, 0.25) is 0 Å².